The minimum Gasteiger partial charge on any atom is -0.357 e. The number of likely N-dealkylation sites (N-methyl/N-ethyl adjacent to an activating group) is 1. The fourth-order valence-electron chi connectivity index (χ4n) is 2.22. The Morgan fingerprint density at radius 1 is 1.50 bits per heavy atom. The third-order valence-corrected chi connectivity index (χ3v) is 2.97. The molecule has 1 N–H and O–H groups in total. The topological polar surface area (TPSA) is 31.9 Å². The molecule has 0 radical (unpaired) electrons. The van der Waals surface area contributed by atoms with Crippen molar-refractivity contribution in [1.29, 1.82) is 0 Å². The molecule has 72 valence electrons. The summed E-state index contributed by atoms with van der Waals surface area (Å²) < 4.78 is 0. The molecule has 0 aliphatic carbocycles. The molecule has 0 aromatic carbocycles. The highest BCUT2D eigenvalue weighted by atomic mass is 15.1. The van der Waals surface area contributed by atoms with E-state index in [0.29, 0.717) is 0 Å². The zero-order valence-electron chi connectivity index (χ0n) is 8.25. The maximum atomic E-state index is 4.18. The number of H-pyrrole nitrogens is 1. The summed E-state index contributed by atoms with van der Waals surface area (Å²) in [5, 5.41) is 1.30. The molecule has 0 fully saturated rings. The predicted molar refractivity (Wildman–Crippen MR) is 56.1 cm³/mol. The second kappa shape index (κ2) is 2.82. The van der Waals surface area contributed by atoms with Crippen LogP contribution in [-0.2, 0) is 13.0 Å². The van der Waals surface area contributed by atoms with Crippen LogP contribution in [0.4, 0.5) is 0 Å². The van der Waals surface area contributed by atoms with E-state index in [1.807, 2.05) is 18.5 Å². The van der Waals surface area contributed by atoms with Crippen LogP contribution in [0.2, 0.25) is 0 Å². The number of rotatable bonds is 0. The van der Waals surface area contributed by atoms with E-state index >= 15 is 0 Å². The minimum atomic E-state index is 1.03. The van der Waals surface area contributed by atoms with E-state index in [4.69, 9.17) is 0 Å². The van der Waals surface area contributed by atoms with Gasteiger partial charge in [-0.15, -0.1) is 0 Å². The maximum absolute atomic E-state index is 4.18. The number of nitrogens with zero attached hydrogens (tertiary/aromatic N) is 2. The van der Waals surface area contributed by atoms with Gasteiger partial charge in [-0.3, -0.25) is 4.98 Å². The summed E-state index contributed by atoms with van der Waals surface area (Å²) in [6, 6.07) is 2.05. The van der Waals surface area contributed by atoms with Crippen molar-refractivity contribution < 1.29 is 0 Å². The van der Waals surface area contributed by atoms with Gasteiger partial charge in [0.05, 0.1) is 0 Å². The van der Waals surface area contributed by atoms with Crippen molar-refractivity contribution in [2.24, 2.45) is 0 Å². The lowest BCUT2D eigenvalue weighted by molar-refractivity contribution is 0.310. The van der Waals surface area contributed by atoms with Crippen molar-refractivity contribution in [1.82, 2.24) is 14.9 Å². The van der Waals surface area contributed by atoms with Crippen LogP contribution in [0, 0.1) is 0 Å². The molecule has 0 unspecified atom stereocenters. The first-order valence-electron chi connectivity index (χ1n) is 4.96. The van der Waals surface area contributed by atoms with Crippen molar-refractivity contribution in [3.63, 3.8) is 0 Å². The normalized spacial score (nSPS) is 17.2. The molecule has 3 heterocycles. The second-order valence-corrected chi connectivity index (χ2v) is 3.99. The Labute approximate surface area is 82.8 Å². The van der Waals surface area contributed by atoms with Crippen LogP contribution in [0.25, 0.3) is 10.9 Å². The standard InChI is InChI=1S/C11H13N3/c1-14-5-3-8-9-6-12-4-2-10(9)13-11(8)7-14/h2,4,6,13H,3,5,7H2,1H3. The minimum absolute atomic E-state index is 1.03. The van der Waals surface area contributed by atoms with Crippen LogP contribution in [0.5, 0.6) is 0 Å². The third-order valence-electron chi connectivity index (χ3n) is 2.97. The highest BCUT2D eigenvalue weighted by Crippen LogP contribution is 2.25. The van der Waals surface area contributed by atoms with Crippen molar-refractivity contribution in [2.45, 2.75) is 13.0 Å². The van der Waals surface area contributed by atoms with Gasteiger partial charge in [0.1, 0.15) is 0 Å². The predicted octanol–water partition coefficient (Wildman–Crippen LogP) is 1.55. The number of hydrogen-bond donors (Lipinski definition) is 1. The van der Waals surface area contributed by atoms with Crippen molar-refractivity contribution in [3.8, 4) is 0 Å². The van der Waals surface area contributed by atoms with E-state index in [-0.39, 0.29) is 0 Å². The number of pyridine rings is 1. The van der Waals surface area contributed by atoms with E-state index < -0.39 is 0 Å². The van der Waals surface area contributed by atoms with Gasteiger partial charge in [-0.2, -0.15) is 0 Å². The van der Waals surface area contributed by atoms with Crippen LogP contribution in [0.3, 0.4) is 0 Å². The molecule has 1 aliphatic heterocycles. The zero-order chi connectivity index (χ0) is 9.54. The average Bonchev–Trinajstić information content (AvgIpc) is 2.54. The fourth-order valence-corrected chi connectivity index (χ4v) is 2.22. The highest BCUT2D eigenvalue weighted by molar-refractivity contribution is 5.83. The number of nitrogens with one attached hydrogen (secondary N) is 1. The van der Waals surface area contributed by atoms with Crippen molar-refractivity contribution in [2.75, 3.05) is 13.6 Å². The van der Waals surface area contributed by atoms with E-state index in [2.05, 4.69) is 21.9 Å². The maximum Gasteiger partial charge on any atom is 0.0490 e. The fraction of sp³-hybridized carbons (Fsp3) is 0.364. The summed E-state index contributed by atoms with van der Waals surface area (Å²) in [7, 11) is 2.16. The van der Waals surface area contributed by atoms with Gasteiger partial charge in [0, 0.05) is 42.1 Å². The van der Waals surface area contributed by atoms with Gasteiger partial charge in [-0.25, -0.2) is 0 Å². The van der Waals surface area contributed by atoms with Crippen molar-refractivity contribution in [3.05, 3.63) is 29.7 Å². The lowest BCUT2D eigenvalue weighted by Gasteiger charge is -2.21. The summed E-state index contributed by atoms with van der Waals surface area (Å²) in [6.45, 7) is 2.18. The number of aromatic amines is 1. The molecule has 0 saturated carbocycles. The summed E-state index contributed by atoms with van der Waals surface area (Å²) in [6.07, 6.45) is 4.95. The molecule has 2 aromatic heterocycles. The van der Waals surface area contributed by atoms with Gasteiger partial charge in [0.2, 0.25) is 0 Å². The SMILES string of the molecule is CN1CCc2c([nH]c3ccncc23)C1. The van der Waals surface area contributed by atoms with Crippen LogP contribution in [0.15, 0.2) is 18.5 Å². The first kappa shape index (κ1) is 8.00. The Morgan fingerprint density at radius 2 is 2.43 bits per heavy atom. The first-order valence-corrected chi connectivity index (χ1v) is 4.96. The smallest absolute Gasteiger partial charge is 0.0490 e. The van der Waals surface area contributed by atoms with Gasteiger partial charge in [0.15, 0.2) is 0 Å². The highest BCUT2D eigenvalue weighted by Gasteiger charge is 2.17. The van der Waals surface area contributed by atoms with Gasteiger partial charge in [-0.1, -0.05) is 0 Å². The molecule has 3 rings (SSSR count). The first-order chi connectivity index (χ1) is 6.84. The van der Waals surface area contributed by atoms with E-state index in [1.54, 1.807) is 0 Å². The lowest BCUT2D eigenvalue weighted by Crippen LogP contribution is -2.26. The number of hydrogen-bond acceptors (Lipinski definition) is 2. The summed E-state index contributed by atoms with van der Waals surface area (Å²) in [4.78, 5) is 9.98. The van der Waals surface area contributed by atoms with Gasteiger partial charge in [0.25, 0.3) is 0 Å². The molecule has 14 heavy (non-hydrogen) atoms. The quantitative estimate of drug-likeness (QED) is 0.678. The van der Waals surface area contributed by atoms with E-state index in [1.165, 1.54) is 22.2 Å². The lowest BCUT2D eigenvalue weighted by atomic mass is 10.1. The molecule has 0 saturated heterocycles. The molecule has 3 heteroatoms. The molecule has 0 spiro atoms. The van der Waals surface area contributed by atoms with Crippen LogP contribution < -0.4 is 0 Å². The Balaban J connectivity index is 2.24. The van der Waals surface area contributed by atoms with Crippen molar-refractivity contribution >= 4 is 10.9 Å². The molecule has 0 atom stereocenters. The van der Waals surface area contributed by atoms with Crippen LogP contribution in [-0.4, -0.2) is 28.5 Å². The molecule has 0 amide bonds. The summed E-state index contributed by atoms with van der Waals surface area (Å²) >= 11 is 0. The van der Waals surface area contributed by atoms with Crippen LogP contribution >= 0.6 is 0 Å². The zero-order valence-corrected chi connectivity index (χ0v) is 8.25. The average molecular weight is 187 g/mol. The Hall–Kier alpha value is -1.35. The molecular weight excluding hydrogens is 174 g/mol. The molecule has 1 aliphatic rings. The monoisotopic (exact) mass is 187 g/mol. The molecular formula is C11H13N3. The Bertz CT molecular complexity index is 472. The van der Waals surface area contributed by atoms with Gasteiger partial charge < -0.3 is 9.88 Å². The third kappa shape index (κ3) is 1.06. The van der Waals surface area contributed by atoms with Gasteiger partial charge >= 0.3 is 0 Å². The van der Waals surface area contributed by atoms with Gasteiger partial charge in [-0.05, 0) is 25.1 Å². The Morgan fingerprint density at radius 3 is 3.36 bits per heavy atom. The Kier molecular flexibility index (Phi) is 1.61. The number of aromatic nitrogens is 2. The molecule has 2 aromatic rings. The summed E-state index contributed by atoms with van der Waals surface area (Å²) in [5.74, 6) is 0. The second-order valence-electron chi connectivity index (χ2n) is 3.99. The molecule has 0 bridgehead atoms. The van der Waals surface area contributed by atoms with E-state index in [9.17, 15) is 0 Å². The summed E-state index contributed by atoms with van der Waals surface area (Å²) in [5.41, 5.74) is 4.05. The molecule has 3 nitrogen and oxygen atoms in total. The van der Waals surface area contributed by atoms with E-state index in [0.717, 1.165) is 19.5 Å². The largest absolute Gasteiger partial charge is 0.357 e. The number of fused-ring (bicyclic) bond motifs is 3. The van der Waals surface area contributed by atoms with Crippen LogP contribution in [0.1, 0.15) is 11.3 Å².